The molecule has 1 atom stereocenters. The van der Waals surface area contributed by atoms with E-state index < -0.39 is 5.60 Å². The molecule has 1 fully saturated rings. The Hall–Kier alpha value is -1.14. The van der Waals surface area contributed by atoms with Crippen LogP contribution >= 0.6 is 27.5 Å². The highest BCUT2D eigenvalue weighted by atomic mass is 79.9. The third-order valence-electron chi connectivity index (χ3n) is 3.41. The minimum atomic E-state index is -0.483. The summed E-state index contributed by atoms with van der Waals surface area (Å²) in [5, 5.41) is 4.01. The number of hydrogen-bond acceptors (Lipinski definition) is 4. The Labute approximate surface area is 150 Å². The number of rotatable bonds is 3. The average Bonchev–Trinajstić information content (AvgIpc) is 2.85. The molecule has 7 heteroatoms. The van der Waals surface area contributed by atoms with Crippen LogP contribution < -0.4 is 10.1 Å². The van der Waals surface area contributed by atoms with Crippen molar-refractivity contribution in [3.05, 3.63) is 21.6 Å². The summed E-state index contributed by atoms with van der Waals surface area (Å²) in [4.78, 5) is 13.8. The molecule has 1 aromatic carbocycles. The smallest absolute Gasteiger partial charge is 0.410 e. The van der Waals surface area contributed by atoms with Gasteiger partial charge in [0, 0.05) is 24.2 Å². The Morgan fingerprint density at radius 2 is 2.13 bits per heavy atom. The molecule has 0 aliphatic carbocycles. The van der Waals surface area contributed by atoms with Crippen molar-refractivity contribution in [3.63, 3.8) is 0 Å². The lowest BCUT2D eigenvalue weighted by atomic mass is 10.2. The first-order valence-corrected chi connectivity index (χ1v) is 8.64. The van der Waals surface area contributed by atoms with Crippen molar-refractivity contribution in [3.8, 4) is 5.75 Å². The van der Waals surface area contributed by atoms with E-state index in [2.05, 4.69) is 21.2 Å². The number of likely N-dealkylation sites (tertiary alicyclic amines) is 1. The normalized spacial score (nSPS) is 18.0. The van der Waals surface area contributed by atoms with Gasteiger partial charge in [-0.25, -0.2) is 4.79 Å². The molecule has 0 bridgehead atoms. The van der Waals surface area contributed by atoms with Crippen molar-refractivity contribution >= 4 is 39.3 Å². The molecule has 2 rings (SSSR count). The lowest BCUT2D eigenvalue weighted by molar-refractivity contribution is 0.0293. The van der Waals surface area contributed by atoms with Crippen LogP contribution in [0.25, 0.3) is 0 Å². The zero-order valence-corrected chi connectivity index (χ0v) is 16.1. The standard InChI is InChI=1S/C16H22BrClN2O3/c1-16(2,3)23-15(21)20-6-5-11(9-20)19-13-8-10(18)7-12(17)14(13)22-4/h7-8,11,19H,5-6,9H2,1-4H3. The monoisotopic (exact) mass is 404 g/mol. The minimum Gasteiger partial charge on any atom is -0.493 e. The SMILES string of the molecule is COc1c(Br)cc(Cl)cc1NC1CCN(C(=O)OC(C)(C)C)C1. The van der Waals surface area contributed by atoms with E-state index in [-0.39, 0.29) is 12.1 Å². The Morgan fingerprint density at radius 1 is 1.43 bits per heavy atom. The van der Waals surface area contributed by atoms with E-state index in [1.54, 1.807) is 18.1 Å². The molecule has 128 valence electrons. The summed E-state index contributed by atoms with van der Waals surface area (Å²) in [6.07, 6.45) is 0.563. The fraction of sp³-hybridized carbons (Fsp3) is 0.562. The number of hydrogen-bond donors (Lipinski definition) is 1. The van der Waals surface area contributed by atoms with Gasteiger partial charge in [-0.05, 0) is 55.3 Å². The number of ether oxygens (including phenoxy) is 2. The molecule has 0 aromatic heterocycles. The fourth-order valence-electron chi connectivity index (χ4n) is 2.47. The summed E-state index contributed by atoms with van der Waals surface area (Å²) in [6, 6.07) is 3.73. The molecular weight excluding hydrogens is 384 g/mol. The van der Waals surface area contributed by atoms with Gasteiger partial charge < -0.3 is 19.7 Å². The first kappa shape index (κ1) is 18.2. The van der Waals surface area contributed by atoms with E-state index in [0.717, 1.165) is 16.6 Å². The molecule has 23 heavy (non-hydrogen) atoms. The van der Waals surface area contributed by atoms with Gasteiger partial charge >= 0.3 is 6.09 Å². The molecule has 1 aliphatic rings. The lowest BCUT2D eigenvalue weighted by Gasteiger charge is -2.24. The maximum Gasteiger partial charge on any atom is 0.410 e. The molecule has 1 aliphatic heterocycles. The summed E-state index contributed by atoms with van der Waals surface area (Å²) in [5.74, 6) is 0.699. The van der Waals surface area contributed by atoms with Gasteiger partial charge in [-0.1, -0.05) is 11.6 Å². The maximum atomic E-state index is 12.1. The van der Waals surface area contributed by atoms with Crippen molar-refractivity contribution < 1.29 is 14.3 Å². The first-order valence-electron chi connectivity index (χ1n) is 7.47. The Kier molecular flexibility index (Phi) is 5.68. The van der Waals surface area contributed by atoms with Gasteiger partial charge in [-0.15, -0.1) is 0 Å². The van der Waals surface area contributed by atoms with Crippen LogP contribution in [0.1, 0.15) is 27.2 Å². The molecule has 0 spiro atoms. The third-order valence-corrected chi connectivity index (χ3v) is 4.22. The van der Waals surface area contributed by atoms with Crippen molar-refractivity contribution in [1.29, 1.82) is 0 Å². The number of nitrogens with one attached hydrogen (secondary N) is 1. The quantitative estimate of drug-likeness (QED) is 0.802. The van der Waals surface area contributed by atoms with Crippen LogP contribution in [0.15, 0.2) is 16.6 Å². The summed E-state index contributed by atoms with van der Waals surface area (Å²) in [5.41, 5.74) is 0.326. The van der Waals surface area contributed by atoms with E-state index in [4.69, 9.17) is 21.1 Å². The molecule has 1 heterocycles. The molecule has 1 unspecified atom stereocenters. The minimum absolute atomic E-state index is 0.127. The number of nitrogens with zero attached hydrogens (tertiary/aromatic N) is 1. The maximum absolute atomic E-state index is 12.1. The molecule has 1 N–H and O–H groups in total. The predicted molar refractivity (Wildman–Crippen MR) is 95.5 cm³/mol. The number of benzene rings is 1. The number of carbonyl (C=O) groups is 1. The predicted octanol–water partition coefficient (Wildman–Crippen LogP) is 4.53. The second-order valence-electron chi connectivity index (χ2n) is 6.52. The van der Waals surface area contributed by atoms with Crippen LogP contribution in [-0.4, -0.2) is 42.8 Å². The lowest BCUT2D eigenvalue weighted by Crippen LogP contribution is -2.36. The molecule has 1 amide bonds. The average molecular weight is 406 g/mol. The summed E-state index contributed by atoms with van der Waals surface area (Å²) < 4.78 is 11.6. The molecule has 1 saturated heterocycles. The Bertz CT molecular complexity index is 589. The second kappa shape index (κ2) is 7.18. The fourth-order valence-corrected chi connectivity index (χ4v) is 3.44. The summed E-state index contributed by atoms with van der Waals surface area (Å²) in [6.45, 7) is 6.85. The van der Waals surface area contributed by atoms with Crippen LogP contribution in [0, 0.1) is 0 Å². The van der Waals surface area contributed by atoms with Crippen molar-refractivity contribution in [2.45, 2.75) is 38.8 Å². The number of amides is 1. The van der Waals surface area contributed by atoms with Crippen molar-refractivity contribution in [1.82, 2.24) is 4.90 Å². The summed E-state index contributed by atoms with van der Waals surface area (Å²) in [7, 11) is 1.61. The van der Waals surface area contributed by atoms with Gasteiger partial charge in [0.15, 0.2) is 5.75 Å². The highest BCUT2D eigenvalue weighted by Gasteiger charge is 2.30. The summed E-state index contributed by atoms with van der Waals surface area (Å²) >= 11 is 9.55. The molecule has 1 aromatic rings. The topological polar surface area (TPSA) is 50.8 Å². The molecule has 0 radical (unpaired) electrons. The zero-order chi connectivity index (χ0) is 17.2. The van der Waals surface area contributed by atoms with E-state index in [1.807, 2.05) is 26.8 Å². The number of methoxy groups -OCH3 is 1. The number of carbonyl (C=O) groups excluding carboxylic acids is 1. The van der Waals surface area contributed by atoms with Crippen molar-refractivity contribution in [2.75, 3.05) is 25.5 Å². The highest BCUT2D eigenvalue weighted by molar-refractivity contribution is 9.10. The van der Waals surface area contributed by atoms with Crippen molar-refractivity contribution in [2.24, 2.45) is 0 Å². The number of anilines is 1. The van der Waals surface area contributed by atoms with E-state index >= 15 is 0 Å². The first-order chi connectivity index (χ1) is 10.7. The molecular formula is C16H22BrClN2O3. The van der Waals surface area contributed by atoms with Gasteiger partial charge in [0.25, 0.3) is 0 Å². The van der Waals surface area contributed by atoms with E-state index in [9.17, 15) is 4.79 Å². The number of halogens is 2. The Morgan fingerprint density at radius 3 is 2.74 bits per heavy atom. The largest absolute Gasteiger partial charge is 0.493 e. The van der Waals surface area contributed by atoms with Crippen LogP contribution in [0.4, 0.5) is 10.5 Å². The third kappa shape index (κ3) is 4.91. The zero-order valence-electron chi connectivity index (χ0n) is 13.8. The second-order valence-corrected chi connectivity index (χ2v) is 7.82. The van der Waals surface area contributed by atoms with Crippen LogP contribution in [0.5, 0.6) is 5.75 Å². The van der Waals surface area contributed by atoms with E-state index in [1.165, 1.54) is 0 Å². The highest BCUT2D eigenvalue weighted by Crippen LogP contribution is 2.37. The van der Waals surface area contributed by atoms with Gasteiger partial charge in [-0.2, -0.15) is 0 Å². The van der Waals surface area contributed by atoms with E-state index in [0.29, 0.717) is 23.9 Å². The van der Waals surface area contributed by atoms with Gasteiger partial charge in [-0.3, -0.25) is 0 Å². The van der Waals surface area contributed by atoms with Crippen LogP contribution in [0.2, 0.25) is 5.02 Å². The van der Waals surface area contributed by atoms with Crippen LogP contribution in [0.3, 0.4) is 0 Å². The molecule has 5 nitrogen and oxygen atoms in total. The van der Waals surface area contributed by atoms with Gasteiger partial charge in [0.2, 0.25) is 0 Å². The van der Waals surface area contributed by atoms with Gasteiger partial charge in [0.05, 0.1) is 17.3 Å². The molecule has 0 saturated carbocycles. The Balaban J connectivity index is 2.02. The van der Waals surface area contributed by atoms with Gasteiger partial charge in [0.1, 0.15) is 5.60 Å². The van der Waals surface area contributed by atoms with Crippen LogP contribution in [-0.2, 0) is 4.74 Å².